The third-order valence-electron chi connectivity index (χ3n) is 2.54. The fraction of sp³-hybridized carbons (Fsp3) is 0.429. The average molecular weight is 248 g/mol. The van der Waals surface area contributed by atoms with Crippen molar-refractivity contribution in [3.05, 3.63) is 42.0 Å². The highest BCUT2D eigenvalue weighted by Gasteiger charge is 2.08. The highest BCUT2D eigenvalue weighted by atomic mass is 28.2. The number of hydrogen-bond acceptors (Lipinski definition) is 2. The lowest BCUT2D eigenvalue weighted by molar-refractivity contribution is 0.186. The molecular weight excluding hydrogens is 228 g/mol. The van der Waals surface area contributed by atoms with Crippen LogP contribution in [0.3, 0.4) is 0 Å². The van der Waals surface area contributed by atoms with Gasteiger partial charge < -0.3 is 9.16 Å². The Hall–Kier alpha value is -0.903. The van der Waals surface area contributed by atoms with Crippen molar-refractivity contribution in [1.29, 1.82) is 0 Å². The summed E-state index contributed by atoms with van der Waals surface area (Å²) >= 11 is 0. The van der Waals surface area contributed by atoms with E-state index in [1.165, 1.54) is 5.56 Å². The maximum atomic E-state index is 5.74. The summed E-state index contributed by atoms with van der Waals surface area (Å²) in [6.07, 6.45) is 2.95. The van der Waals surface area contributed by atoms with Gasteiger partial charge >= 0.3 is 0 Å². The van der Waals surface area contributed by atoms with Crippen molar-refractivity contribution in [3.63, 3.8) is 0 Å². The van der Waals surface area contributed by atoms with E-state index in [9.17, 15) is 0 Å². The van der Waals surface area contributed by atoms with E-state index in [2.05, 4.69) is 25.6 Å². The largest absolute Gasteiger partial charge is 0.413 e. The molecule has 0 saturated carbocycles. The fourth-order valence-corrected chi connectivity index (χ4v) is 2.38. The molecule has 0 spiro atoms. The maximum Gasteiger partial charge on any atom is 0.236 e. The molecule has 0 amide bonds. The van der Waals surface area contributed by atoms with Crippen LogP contribution in [-0.2, 0) is 15.8 Å². The van der Waals surface area contributed by atoms with Crippen molar-refractivity contribution in [1.82, 2.24) is 0 Å². The van der Waals surface area contributed by atoms with E-state index >= 15 is 0 Å². The van der Waals surface area contributed by atoms with Gasteiger partial charge in [-0.15, -0.1) is 0 Å². The smallest absolute Gasteiger partial charge is 0.236 e. The van der Waals surface area contributed by atoms with Crippen LogP contribution >= 0.6 is 0 Å². The first-order valence-electron chi connectivity index (χ1n) is 5.87. The van der Waals surface area contributed by atoms with Crippen LogP contribution < -0.4 is 0 Å². The van der Waals surface area contributed by atoms with Gasteiger partial charge in [0.1, 0.15) is 0 Å². The molecule has 0 bridgehead atoms. The predicted octanol–water partition coefficient (Wildman–Crippen LogP) is 3.31. The summed E-state index contributed by atoms with van der Waals surface area (Å²) in [5.41, 5.74) is 2.85. The van der Waals surface area contributed by atoms with Gasteiger partial charge in [0.25, 0.3) is 0 Å². The number of benzene rings is 1. The molecule has 0 N–H and O–H groups in total. The Balaban J connectivity index is 2.36. The number of ether oxygens (including phenoxy) is 1. The van der Waals surface area contributed by atoms with E-state index in [1.54, 1.807) is 7.11 Å². The molecule has 0 aliphatic rings. The second-order valence-corrected chi connectivity index (χ2v) is 5.26. The summed E-state index contributed by atoms with van der Waals surface area (Å²) in [5, 5.41) is 0. The third kappa shape index (κ3) is 5.30. The van der Waals surface area contributed by atoms with E-state index in [0.29, 0.717) is 21.9 Å². The summed E-state index contributed by atoms with van der Waals surface area (Å²) in [5.74, 6) is 0. The summed E-state index contributed by atoms with van der Waals surface area (Å²) < 4.78 is 10.9. The average Bonchev–Trinajstić information content (AvgIpc) is 2.38. The molecule has 0 heterocycles. The Bertz CT molecular complexity index is 339. The summed E-state index contributed by atoms with van der Waals surface area (Å²) in [7, 11) is 2.24. The SMILES string of the molecule is C=Cc1cccc(CO[Si]C(CC)COC)c1. The third-order valence-corrected chi connectivity index (χ3v) is 3.76. The van der Waals surface area contributed by atoms with Gasteiger partial charge in [0.2, 0.25) is 9.76 Å². The van der Waals surface area contributed by atoms with Gasteiger partial charge in [-0.1, -0.05) is 44.2 Å². The van der Waals surface area contributed by atoms with Crippen molar-refractivity contribution < 1.29 is 9.16 Å². The zero-order valence-corrected chi connectivity index (χ0v) is 11.6. The lowest BCUT2D eigenvalue weighted by Gasteiger charge is -2.12. The Morgan fingerprint density at radius 2 is 2.29 bits per heavy atom. The molecule has 1 aromatic carbocycles. The molecule has 1 aromatic rings. The topological polar surface area (TPSA) is 18.5 Å². The molecule has 2 radical (unpaired) electrons. The van der Waals surface area contributed by atoms with Crippen LogP contribution in [0.1, 0.15) is 24.5 Å². The molecule has 0 aromatic heterocycles. The lowest BCUT2D eigenvalue weighted by Crippen LogP contribution is -2.12. The number of rotatable bonds is 8. The maximum absolute atomic E-state index is 5.74. The molecule has 3 heteroatoms. The first-order valence-corrected chi connectivity index (χ1v) is 6.86. The van der Waals surface area contributed by atoms with Gasteiger partial charge in [-0.2, -0.15) is 0 Å². The van der Waals surface area contributed by atoms with Crippen LogP contribution in [-0.4, -0.2) is 23.5 Å². The van der Waals surface area contributed by atoms with Gasteiger partial charge in [0, 0.05) is 19.3 Å². The summed E-state index contributed by atoms with van der Waals surface area (Å²) in [4.78, 5) is 0. The lowest BCUT2D eigenvalue weighted by atomic mass is 10.1. The second-order valence-electron chi connectivity index (χ2n) is 3.92. The summed E-state index contributed by atoms with van der Waals surface area (Å²) in [6, 6.07) is 8.26. The van der Waals surface area contributed by atoms with Gasteiger partial charge in [0.15, 0.2) is 0 Å². The minimum Gasteiger partial charge on any atom is -0.413 e. The Kier molecular flexibility index (Phi) is 6.85. The van der Waals surface area contributed by atoms with Crippen LogP contribution in [0.4, 0.5) is 0 Å². The minimum absolute atomic E-state index is 0.502. The number of hydrogen-bond donors (Lipinski definition) is 0. The summed E-state index contributed by atoms with van der Waals surface area (Å²) in [6.45, 7) is 7.37. The molecule has 17 heavy (non-hydrogen) atoms. The normalized spacial score (nSPS) is 12.4. The molecule has 0 fully saturated rings. The van der Waals surface area contributed by atoms with E-state index in [0.717, 1.165) is 18.6 Å². The highest BCUT2D eigenvalue weighted by molar-refractivity contribution is 6.29. The van der Waals surface area contributed by atoms with E-state index in [1.807, 2.05) is 18.2 Å². The van der Waals surface area contributed by atoms with Crippen molar-refractivity contribution in [2.45, 2.75) is 25.5 Å². The van der Waals surface area contributed by atoms with Gasteiger partial charge in [-0.3, -0.25) is 0 Å². The minimum atomic E-state index is 0.502. The van der Waals surface area contributed by atoms with Crippen molar-refractivity contribution >= 4 is 15.8 Å². The molecule has 0 aliphatic heterocycles. The highest BCUT2D eigenvalue weighted by Crippen LogP contribution is 2.11. The first kappa shape index (κ1) is 14.2. The Morgan fingerprint density at radius 3 is 2.94 bits per heavy atom. The van der Waals surface area contributed by atoms with Crippen molar-refractivity contribution in [2.75, 3.05) is 13.7 Å². The van der Waals surface area contributed by atoms with E-state index in [-0.39, 0.29) is 0 Å². The van der Waals surface area contributed by atoms with Gasteiger partial charge in [-0.05, 0) is 17.2 Å². The first-order chi connectivity index (χ1) is 8.30. The molecule has 1 unspecified atom stereocenters. The standard InChI is InChI=1S/C14H20O2Si/c1-4-12-7-6-8-13(9-12)10-16-17-14(5-2)11-15-3/h4,6-9,14H,1,5,10-11H2,2-3H3. The molecule has 1 rings (SSSR count). The Morgan fingerprint density at radius 1 is 1.47 bits per heavy atom. The molecule has 1 atom stereocenters. The van der Waals surface area contributed by atoms with Gasteiger partial charge in [0.05, 0.1) is 6.61 Å². The van der Waals surface area contributed by atoms with E-state index in [4.69, 9.17) is 9.16 Å². The van der Waals surface area contributed by atoms with Crippen molar-refractivity contribution in [3.8, 4) is 0 Å². The predicted molar refractivity (Wildman–Crippen MR) is 73.0 cm³/mol. The van der Waals surface area contributed by atoms with Crippen LogP contribution in [0, 0.1) is 0 Å². The van der Waals surface area contributed by atoms with Crippen LogP contribution in [0.25, 0.3) is 6.08 Å². The molecule has 0 aliphatic carbocycles. The monoisotopic (exact) mass is 248 g/mol. The van der Waals surface area contributed by atoms with Crippen LogP contribution in [0.15, 0.2) is 30.8 Å². The van der Waals surface area contributed by atoms with Crippen LogP contribution in [0.2, 0.25) is 5.54 Å². The zero-order chi connectivity index (χ0) is 12.5. The Labute approximate surface area is 107 Å². The van der Waals surface area contributed by atoms with Gasteiger partial charge in [-0.25, -0.2) is 0 Å². The molecular formula is C14H20O2Si. The van der Waals surface area contributed by atoms with E-state index < -0.39 is 0 Å². The van der Waals surface area contributed by atoms with Crippen LogP contribution in [0.5, 0.6) is 0 Å². The fourth-order valence-electron chi connectivity index (χ4n) is 1.49. The quantitative estimate of drug-likeness (QED) is 0.657. The number of methoxy groups -OCH3 is 1. The molecule has 2 nitrogen and oxygen atoms in total. The molecule has 0 saturated heterocycles. The van der Waals surface area contributed by atoms with Crippen molar-refractivity contribution in [2.24, 2.45) is 0 Å². The molecule has 92 valence electrons. The second kappa shape index (κ2) is 8.23. The zero-order valence-electron chi connectivity index (χ0n) is 10.6.